The zero-order chi connectivity index (χ0) is 14.9. The van der Waals surface area contributed by atoms with Crippen molar-refractivity contribution in [2.45, 2.75) is 25.8 Å². The number of hydrogen-bond acceptors (Lipinski definition) is 4. The van der Waals surface area contributed by atoms with Crippen molar-refractivity contribution < 1.29 is 14.1 Å². The molecular formula is C13H16FN3O3. The van der Waals surface area contributed by atoms with Crippen LogP contribution in [0.25, 0.3) is 0 Å². The number of nitro groups is 1. The number of nitrogens with zero attached hydrogens (tertiary/aromatic N) is 1. The van der Waals surface area contributed by atoms with Crippen LogP contribution < -0.4 is 10.6 Å². The van der Waals surface area contributed by atoms with Crippen LogP contribution in [0.15, 0.2) is 12.1 Å². The van der Waals surface area contributed by atoms with Crippen LogP contribution in [0, 0.1) is 21.8 Å². The van der Waals surface area contributed by atoms with E-state index < -0.39 is 22.3 Å². The number of nitrogens with one attached hydrogen (secondary N) is 2. The van der Waals surface area contributed by atoms with Crippen molar-refractivity contribution in [2.75, 3.05) is 12.4 Å². The van der Waals surface area contributed by atoms with Crippen LogP contribution in [-0.2, 0) is 0 Å². The Morgan fingerprint density at radius 2 is 2.25 bits per heavy atom. The Morgan fingerprint density at radius 1 is 1.55 bits per heavy atom. The maximum absolute atomic E-state index is 13.5. The number of rotatable bonds is 5. The number of carbonyl (C=O) groups excluding carboxylic acids is 1. The lowest BCUT2D eigenvalue weighted by atomic mass is 10.1. The predicted molar refractivity (Wildman–Crippen MR) is 72.3 cm³/mol. The Bertz CT molecular complexity index is 562. The molecule has 1 aromatic rings. The molecular weight excluding hydrogens is 265 g/mol. The molecule has 7 heteroatoms. The summed E-state index contributed by atoms with van der Waals surface area (Å²) in [6, 6.07) is 2.01. The quantitative estimate of drug-likeness (QED) is 0.640. The van der Waals surface area contributed by atoms with Gasteiger partial charge in [-0.25, -0.2) is 4.39 Å². The number of nitro benzene ring substituents is 1. The molecule has 0 radical (unpaired) electrons. The van der Waals surface area contributed by atoms with E-state index in [0.717, 1.165) is 18.9 Å². The fourth-order valence-electron chi connectivity index (χ4n) is 2.21. The first-order valence-corrected chi connectivity index (χ1v) is 6.44. The number of halogens is 1. The van der Waals surface area contributed by atoms with Crippen molar-refractivity contribution in [3.05, 3.63) is 33.6 Å². The summed E-state index contributed by atoms with van der Waals surface area (Å²) in [6.45, 7) is 2.02. The standard InChI is InChI=1S/C13H16FN3O3/c1-3-7-4-10(7)16-13(18)8-5-11(15-2)9(14)6-12(8)17(19)20/h5-7,10,15H,3-4H2,1-2H3,(H,16,18). The zero-order valence-electron chi connectivity index (χ0n) is 11.3. The number of amides is 1. The monoisotopic (exact) mass is 281 g/mol. The van der Waals surface area contributed by atoms with E-state index in [0.29, 0.717) is 5.92 Å². The normalized spacial score (nSPS) is 20.4. The van der Waals surface area contributed by atoms with E-state index in [-0.39, 0.29) is 17.3 Å². The van der Waals surface area contributed by atoms with Gasteiger partial charge in [-0.05, 0) is 18.4 Å². The molecule has 0 aromatic heterocycles. The average molecular weight is 281 g/mol. The van der Waals surface area contributed by atoms with E-state index in [1.54, 1.807) is 0 Å². The van der Waals surface area contributed by atoms with E-state index in [1.165, 1.54) is 13.1 Å². The van der Waals surface area contributed by atoms with Crippen LogP contribution in [0.2, 0.25) is 0 Å². The van der Waals surface area contributed by atoms with E-state index >= 15 is 0 Å². The maximum Gasteiger partial charge on any atom is 0.285 e. The topological polar surface area (TPSA) is 84.3 Å². The third kappa shape index (κ3) is 2.71. The van der Waals surface area contributed by atoms with Gasteiger partial charge in [-0.2, -0.15) is 0 Å². The molecule has 2 rings (SSSR count). The number of carbonyl (C=O) groups is 1. The van der Waals surface area contributed by atoms with Crippen molar-refractivity contribution in [3.8, 4) is 0 Å². The lowest BCUT2D eigenvalue weighted by molar-refractivity contribution is -0.385. The molecule has 6 nitrogen and oxygen atoms in total. The highest BCUT2D eigenvalue weighted by atomic mass is 19.1. The van der Waals surface area contributed by atoms with Crippen molar-refractivity contribution >= 4 is 17.3 Å². The molecule has 0 bridgehead atoms. The molecule has 1 aliphatic rings. The Morgan fingerprint density at radius 3 is 2.75 bits per heavy atom. The molecule has 1 fully saturated rings. The van der Waals surface area contributed by atoms with Gasteiger partial charge in [0.1, 0.15) is 5.56 Å². The smallest absolute Gasteiger partial charge is 0.285 e. The van der Waals surface area contributed by atoms with Crippen LogP contribution in [0.1, 0.15) is 30.1 Å². The van der Waals surface area contributed by atoms with E-state index in [4.69, 9.17) is 0 Å². The lowest BCUT2D eigenvalue weighted by Gasteiger charge is -2.08. The van der Waals surface area contributed by atoms with Gasteiger partial charge in [-0.15, -0.1) is 0 Å². The SMILES string of the molecule is CCC1CC1NC(=O)c1cc(NC)c(F)cc1[N+](=O)[O-]. The Balaban J connectivity index is 2.28. The van der Waals surface area contributed by atoms with E-state index in [9.17, 15) is 19.3 Å². The third-order valence-corrected chi connectivity index (χ3v) is 3.56. The molecule has 2 N–H and O–H groups in total. The second-order valence-corrected chi connectivity index (χ2v) is 4.84. The summed E-state index contributed by atoms with van der Waals surface area (Å²) in [4.78, 5) is 22.3. The summed E-state index contributed by atoms with van der Waals surface area (Å²) in [5.41, 5.74) is -0.584. The van der Waals surface area contributed by atoms with Crippen molar-refractivity contribution in [1.29, 1.82) is 0 Å². The molecule has 0 spiro atoms. The molecule has 1 aliphatic carbocycles. The van der Waals surface area contributed by atoms with Gasteiger partial charge in [0, 0.05) is 13.1 Å². The fourth-order valence-corrected chi connectivity index (χ4v) is 2.21. The first-order valence-electron chi connectivity index (χ1n) is 6.44. The van der Waals surface area contributed by atoms with Gasteiger partial charge in [-0.3, -0.25) is 14.9 Å². The van der Waals surface area contributed by atoms with Crippen molar-refractivity contribution in [3.63, 3.8) is 0 Å². The van der Waals surface area contributed by atoms with Gasteiger partial charge in [0.15, 0.2) is 5.82 Å². The molecule has 0 heterocycles. The van der Waals surface area contributed by atoms with E-state index in [1.807, 2.05) is 6.92 Å². The molecule has 0 saturated heterocycles. The Labute approximate surface area is 115 Å². The molecule has 0 aliphatic heterocycles. The Hall–Kier alpha value is -2.18. The van der Waals surface area contributed by atoms with E-state index in [2.05, 4.69) is 10.6 Å². The summed E-state index contributed by atoms with van der Waals surface area (Å²) in [5.74, 6) is -0.856. The van der Waals surface area contributed by atoms with Gasteiger partial charge < -0.3 is 10.6 Å². The number of hydrogen-bond donors (Lipinski definition) is 2. The molecule has 1 amide bonds. The summed E-state index contributed by atoms with van der Waals surface area (Å²) in [7, 11) is 1.49. The van der Waals surface area contributed by atoms with Gasteiger partial charge in [0.05, 0.1) is 16.7 Å². The van der Waals surface area contributed by atoms with Gasteiger partial charge in [-0.1, -0.05) is 13.3 Å². The minimum absolute atomic E-state index is 0.0589. The highest BCUT2D eigenvalue weighted by molar-refractivity contribution is 5.99. The molecule has 20 heavy (non-hydrogen) atoms. The first-order chi connectivity index (χ1) is 9.47. The van der Waals surface area contributed by atoms with Crippen LogP contribution in [0.3, 0.4) is 0 Å². The van der Waals surface area contributed by atoms with Crippen LogP contribution in [-0.4, -0.2) is 23.9 Å². The van der Waals surface area contributed by atoms with Crippen LogP contribution in [0.4, 0.5) is 15.8 Å². The van der Waals surface area contributed by atoms with Crippen LogP contribution >= 0.6 is 0 Å². The van der Waals surface area contributed by atoms with Gasteiger partial charge in [0.25, 0.3) is 11.6 Å². The molecule has 1 saturated carbocycles. The number of anilines is 1. The summed E-state index contributed by atoms with van der Waals surface area (Å²) >= 11 is 0. The zero-order valence-corrected chi connectivity index (χ0v) is 11.3. The largest absolute Gasteiger partial charge is 0.386 e. The average Bonchev–Trinajstić information content (AvgIpc) is 3.16. The minimum atomic E-state index is -0.756. The molecule has 2 atom stereocenters. The molecule has 1 aromatic carbocycles. The Kier molecular flexibility index (Phi) is 3.87. The molecule has 108 valence electrons. The second kappa shape index (κ2) is 5.44. The molecule has 2 unspecified atom stereocenters. The van der Waals surface area contributed by atoms with Gasteiger partial charge in [0.2, 0.25) is 0 Å². The first kappa shape index (κ1) is 14.2. The predicted octanol–water partition coefficient (Wildman–Crippen LogP) is 2.30. The minimum Gasteiger partial charge on any atom is -0.386 e. The highest BCUT2D eigenvalue weighted by Crippen LogP contribution is 2.34. The third-order valence-electron chi connectivity index (χ3n) is 3.56. The van der Waals surface area contributed by atoms with Crippen LogP contribution in [0.5, 0.6) is 0 Å². The fraction of sp³-hybridized carbons (Fsp3) is 0.462. The summed E-state index contributed by atoms with van der Waals surface area (Å²) in [6.07, 6.45) is 1.84. The lowest BCUT2D eigenvalue weighted by Crippen LogP contribution is -2.27. The summed E-state index contributed by atoms with van der Waals surface area (Å²) in [5, 5.41) is 16.3. The highest BCUT2D eigenvalue weighted by Gasteiger charge is 2.37. The van der Waals surface area contributed by atoms with Crippen molar-refractivity contribution in [1.82, 2.24) is 5.32 Å². The number of benzene rings is 1. The summed E-state index contributed by atoms with van der Waals surface area (Å²) < 4.78 is 13.5. The van der Waals surface area contributed by atoms with Crippen molar-refractivity contribution in [2.24, 2.45) is 5.92 Å². The van der Waals surface area contributed by atoms with Gasteiger partial charge >= 0.3 is 0 Å². The maximum atomic E-state index is 13.5. The second-order valence-electron chi connectivity index (χ2n) is 4.84.